The zero-order valence-corrected chi connectivity index (χ0v) is 12.6. The molecule has 1 aromatic carbocycles. The summed E-state index contributed by atoms with van der Waals surface area (Å²) in [7, 11) is 0. The van der Waals surface area contributed by atoms with Crippen molar-refractivity contribution in [3.05, 3.63) is 29.8 Å². The fraction of sp³-hybridized carbons (Fsp3) is 0.562. The number of amides is 1. The van der Waals surface area contributed by atoms with Gasteiger partial charge in [-0.2, -0.15) is 0 Å². The van der Waals surface area contributed by atoms with Crippen molar-refractivity contribution in [2.45, 2.75) is 25.9 Å². The molecule has 0 saturated carbocycles. The first kappa shape index (κ1) is 15.8. The van der Waals surface area contributed by atoms with Crippen LogP contribution in [0.4, 0.5) is 0 Å². The fourth-order valence-corrected chi connectivity index (χ4v) is 2.48. The lowest BCUT2D eigenvalue weighted by molar-refractivity contribution is 0.0670. The Morgan fingerprint density at radius 2 is 2.19 bits per heavy atom. The standard InChI is InChI=1S/C16H24N2O3/c1-13-12-18(8-2-10-20-13)9-3-11-21-15-6-4-14(5-7-15)16(17)19/h4-7,13H,2-3,8-12H2,1H3,(H2,17,19)/t13-/m1/s1. The molecule has 116 valence electrons. The molecule has 1 aliphatic rings. The fourth-order valence-electron chi connectivity index (χ4n) is 2.48. The van der Waals surface area contributed by atoms with E-state index in [1.54, 1.807) is 24.3 Å². The van der Waals surface area contributed by atoms with E-state index in [-0.39, 0.29) is 0 Å². The maximum absolute atomic E-state index is 11.0. The molecule has 0 aliphatic carbocycles. The zero-order chi connectivity index (χ0) is 15.1. The Labute approximate surface area is 126 Å². The van der Waals surface area contributed by atoms with Crippen LogP contribution < -0.4 is 10.5 Å². The van der Waals surface area contributed by atoms with Crippen LogP contribution in [0, 0.1) is 0 Å². The van der Waals surface area contributed by atoms with E-state index < -0.39 is 5.91 Å². The Morgan fingerprint density at radius 3 is 2.90 bits per heavy atom. The molecule has 1 saturated heterocycles. The van der Waals surface area contributed by atoms with Crippen LogP contribution in [0.25, 0.3) is 0 Å². The average molecular weight is 292 g/mol. The van der Waals surface area contributed by atoms with Crippen molar-refractivity contribution >= 4 is 5.91 Å². The minimum Gasteiger partial charge on any atom is -0.494 e. The largest absolute Gasteiger partial charge is 0.494 e. The van der Waals surface area contributed by atoms with E-state index in [0.717, 1.165) is 44.8 Å². The van der Waals surface area contributed by atoms with Gasteiger partial charge in [0.25, 0.3) is 0 Å². The first-order chi connectivity index (χ1) is 10.1. The summed E-state index contributed by atoms with van der Waals surface area (Å²) in [5.41, 5.74) is 5.70. The molecule has 1 fully saturated rings. The summed E-state index contributed by atoms with van der Waals surface area (Å²) >= 11 is 0. The lowest BCUT2D eigenvalue weighted by atomic mass is 10.2. The van der Waals surface area contributed by atoms with Gasteiger partial charge in [-0.15, -0.1) is 0 Å². The number of carbonyl (C=O) groups excluding carboxylic acids is 1. The molecule has 5 heteroatoms. The van der Waals surface area contributed by atoms with Gasteiger partial charge >= 0.3 is 0 Å². The molecule has 0 spiro atoms. The smallest absolute Gasteiger partial charge is 0.248 e. The molecular weight excluding hydrogens is 268 g/mol. The molecule has 1 aliphatic heterocycles. The number of carbonyl (C=O) groups is 1. The Bertz CT molecular complexity index is 447. The van der Waals surface area contributed by atoms with E-state index in [0.29, 0.717) is 18.3 Å². The predicted molar refractivity (Wildman–Crippen MR) is 81.5 cm³/mol. The van der Waals surface area contributed by atoms with Crippen molar-refractivity contribution in [1.29, 1.82) is 0 Å². The Hall–Kier alpha value is -1.59. The van der Waals surface area contributed by atoms with Gasteiger partial charge in [-0.05, 0) is 44.0 Å². The van der Waals surface area contributed by atoms with Gasteiger partial charge in [0.2, 0.25) is 5.91 Å². The Morgan fingerprint density at radius 1 is 1.43 bits per heavy atom. The lowest BCUT2D eigenvalue weighted by Gasteiger charge is -2.21. The molecule has 1 aromatic rings. The molecule has 0 unspecified atom stereocenters. The van der Waals surface area contributed by atoms with Crippen molar-refractivity contribution in [2.75, 3.05) is 32.8 Å². The molecule has 0 radical (unpaired) electrons. The van der Waals surface area contributed by atoms with E-state index in [1.165, 1.54) is 0 Å². The predicted octanol–water partition coefficient (Wildman–Crippen LogP) is 1.67. The van der Waals surface area contributed by atoms with Gasteiger partial charge in [0.1, 0.15) is 5.75 Å². The van der Waals surface area contributed by atoms with Gasteiger partial charge in [-0.1, -0.05) is 0 Å². The summed E-state index contributed by atoms with van der Waals surface area (Å²) < 4.78 is 11.3. The number of ether oxygens (including phenoxy) is 2. The van der Waals surface area contributed by atoms with Crippen molar-refractivity contribution < 1.29 is 14.3 Å². The maximum atomic E-state index is 11.0. The van der Waals surface area contributed by atoms with Gasteiger partial charge in [0.05, 0.1) is 12.7 Å². The number of rotatable bonds is 6. The maximum Gasteiger partial charge on any atom is 0.248 e. The first-order valence-electron chi connectivity index (χ1n) is 7.52. The average Bonchev–Trinajstić information content (AvgIpc) is 2.68. The summed E-state index contributed by atoms with van der Waals surface area (Å²) in [6.07, 6.45) is 2.39. The Kier molecular flexibility index (Phi) is 6.02. The van der Waals surface area contributed by atoms with Crippen LogP contribution in [-0.2, 0) is 4.74 Å². The van der Waals surface area contributed by atoms with E-state index in [1.807, 2.05) is 0 Å². The summed E-state index contributed by atoms with van der Waals surface area (Å²) in [6, 6.07) is 6.93. The number of nitrogens with two attached hydrogens (primary N) is 1. The van der Waals surface area contributed by atoms with Crippen LogP contribution in [0.5, 0.6) is 5.75 Å². The summed E-state index contributed by atoms with van der Waals surface area (Å²) in [5.74, 6) is 0.353. The molecule has 0 bridgehead atoms. The van der Waals surface area contributed by atoms with Crippen molar-refractivity contribution in [1.82, 2.24) is 4.90 Å². The number of benzene rings is 1. The molecule has 21 heavy (non-hydrogen) atoms. The minimum atomic E-state index is -0.418. The van der Waals surface area contributed by atoms with E-state index in [9.17, 15) is 4.79 Å². The summed E-state index contributed by atoms with van der Waals surface area (Å²) in [4.78, 5) is 13.4. The Balaban J connectivity index is 1.68. The van der Waals surface area contributed by atoms with E-state index in [4.69, 9.17) is 15.2 Å². The SMILES string of the molecule is C[C@@H]1CN(CCCOc2ccc(C(N)=O)cc2)CCCO1. The second-order valence-corrected chi connectivity index (χ2v) is 5.43. The number of primary amides is 1. The van der Waals surface area contributed by atoms with Crippen LogP contribution in [-0.4, -0.2) is 49.8 Å². The molecule has 2 rings (SSSR count). The number of hydrogen-bond acceptors (Lipinski definition) is 4. The van der Waals surface area contributed by atoms with Gasteiger partial charge in [0.15, 0.2) is 0 Å². The van der Waals surface area contributed by atoms with Gasteiger partial charge < -0.3 is 20.1 Å². The van der Waals surface area contributed by atoms with Crippen LogP contribution in [0.2, 0.25) is 0 Å². The first-order valence-corrected chi connectivity index (χ1v) is 7.52. The number of nitrogens with zero attached hydrogens (tertiary/aromatic N) is 1. The van der Waals surface area contributed by atoms with Crippen LogP contribution in [0.15, 0.2) is 24.3 Å². The highest BCUT2D eigenvalue weighted by atomic mass is 16.5. The molecule has 1 atom stereocenters. The topological polar surface area (TPSA) is 64.8 Å². The highest BCUT2D eigenvalue weighted by molar-refractivity contribution is 5.92. The molecule has 0 aromatic heterocycles. The van der Waals surface area contributed by atoms with Gasteiger partial charge in [0, 0.05) is 31.8 Å². The van der Waals surface area contributed by atoms with Crippen molar-refractivity contribution in [2.24, 2.45) is 5.73 Å². The molecule has 1 heterocycles. The summed E-state index contributed by atoms with van der Waals surface area (Å²) in [6.45, 7) is 6.76. The second-order valence-electron chi connectivity index (χ2n) is 5.43. The van der Waals surface area contributed by atoms with Gasteiger partial charge in [-0.25, -0.2) is 0 Å². The monoisotopic (exact) mass is 292 g/mol. The van der Waals surface area contributed by atoms with Crippen LogP contribution in [0.1, 0.15) is 30.1 Å². The molecule has 1 amide bonds. The van der Waals surface area contributed by atoms with Crippen molar-refractivity contribution in [3.8, 4) is 5.75 Å². The van der Waals surface area contributed by atoms with E-state index in [2.05, 4.69) is 11.8 Å². The normalized spacial score (nSPS) is 20.0. The third kappa shape index (κ3) is 5.36. The summed E-state index contributed by atoms with van der Waals surface area (Å²) in [5, 5.41) is 0. The van der Waals surface area contributed by atoms with Crippen LogP contribution >= 0.6 is 0 Å². The quantitative estimate of drug-likeness (QED) is 0.810. The molecule has 5 nitrogen and oxygen atoms in total. The molecular formula is C16H24N2O3. The zero-order valence-electron chi connectivity index (χ0n) is 12.6. The third-order valence-corrected chi connectivity index (χ3v) is 3.56. The van der Waals surface area contributed by atoms with Gasteiger partial charge in [-0.3, -0.25) is 4.79 Å². The lowest BCUT2D eigenvalue weighted by Crippen LogP contribution is -2.31. The highest BCUT2D eigenvalue weighted by Gasteiger charge is 2.14. The second kappa shape index (κ2) is 8.00. The highest BCUT2D eigenvalue weighted by Crippen LogP contribution is 2.12. The molecule has 2 N–H and O–H groups in total. The number of hydrogen-bond donors (Lipinski definition) is 1. The van der Waals surface area contributed by atoms with Crippen LogP contribution in [0.3, 0.4) is 0 Å². The minimum absolute atomic E-state index is 0.315. The third-order valence-electron chi connectivity index (χ3n) is 3.56. The van der Waals surface area contributed by atoms with Crippen molar-refractivity contribution in [3.63, 3.8) is 0 Å². The van der Waals surface area contributed by atoms with E-state index >= 15 is 0 Å².